The molecule has 0 spiro atoms. The highest BCUT2D eigenvalue weighted by Crippen LogP contribution is 2.33. The van der Waals surface area contributed by atoms with Gasteiger partial charge in [0.15, 0.2) is 0 Å². The molecule has 1 aromatic rings. The van der Waals surface area contributed by atoms with Crippen LogP contribution >= 0.6 is 0 Å². The average molecular weight is 335 g/mol. The largest absolute Gasteiger partial charge is 0.375 e. The first kappa shape index (κ1) is 17.4. The predicted octanol–water partition coefficient (Wildman–Crippen LogP) is 2.47. The Kier molecular flexibility index (Phi) is 4.71. The average Bonchev–Trinajstić information content (AvgIpc) is 2.84. The van der Waals surface area contributed by atoms with Gasteiger partial charge in [-0.1, -0.05) is 0 Å². The van der Waals surface area contributed by atoms with Gasteiger partial charge in [-0.25, -0.2) is 0 Å². The van der Waals surface area contributed by atoms with Gasteiger partial charge < -0.3 is 14.4 Å². The zero-order chi connectivity index (χ0) is 17.5. The lowest BCUT2D eigenvalue weighted by atomic mass is 9.92. The number of fused-ring (bicyclic) bond motifs is 1. The van der Waals surface area contributed by atoms with Crippen molar-refractivity contribution in [2.75, 3.05) is 19.7 Å². The summed E-state index contributed by atoms with van der Waals surface area (Å²) in [4.78, 5) is 15.1. The molecule has 0 aliphatic carbocycles. The molecular formula is C18H29N3O3. The SMILES string of the molecule is CCOC1(C)CCN(C(=O)c2c3c(nn2C)[C@H](C)O[C@H](C)C3)CC1. The lowest BCUT2D eigenvalue weighted by Crippen LogP contribution is -2.47. The van der Waals surface area contributed by atoms with E-state index in [2.05, 4.69) is 18.9 Å². The Hall–Kier alpha value is -1.40. The van der Waals surface area contributed by atoms with Crippen molar-refractivity contribution in [2.45, 2.75) is 64.8 Å². The summed E-state index contributed by atoms with van der Waals surface area (Å²) in [6.07, 6.45) is 2.56. The van der Waals surface area contributed by atoms with Crippen molar-refractivity contribution in [1.29, 1.82) is 0 Å². The minimum Gasteiger partial charge on any atom is -0.375 e. The molecule has 134 valence electrons. The number of hydrogen-bond donors (Lipinski definition) is 0. The molecule has 0 radical (unpaired) electrons. The number of aryl methyl sites for hydroxylation is 1. The molecule has 0 aromatic carbocycles. The number of aromatic nitrogens is 2. The first-order valence-corrected chi connectivity index (χ1v) is 8.99. The Balaban J connectivity index is 1.80. The number of carbonyl (C=O) groups is 1. The van der Waals surface area contributed by atoms with Crippen LogP contribution in [0, 0.1) is 0 Å². The normalized spacial score (nSPS) is 26.3. The van der Waals surface area contributed by atoms with Crippen molar-refractivity contribution < 1.29 is 14.3 Å². The molecule has 24 heavy (non-hydrogen) atoms. The number of piperidine rings is 1. The summed E-state index contributed by atoms with van der Waals surface area (Å²) < 4.78 is 13.4. The lowest BCUT2D eigenvalue weighted by Gasteiger charge is -2.39. The molecule has 3 rings (SSSR count). The monoisotopic (exact) mass is 335 g/mol. The summed E-state index contributed by atoms with van der Waals surface area (Å²) in [5.74, 6) is 0.0890. The van der Waals surface area contributed by atoms with Gasteiger partial charge in [0.25, 0.3) is 5.91 Å². The fourth-order valence-corrected chi connectivity index (χ4v) is 3.96. The van der Waals surface area contributed by atoms with Crippen molar-refractivity contribution in [1.82, 2.24) is 14.7 Å². The molecule has 6 heteroatoms. The maximum atomic E-state index is 13.1. The van der Waals surface area contributed by atoms with Crippen LogP contribution in [0.1, 0.15) is 68.4 Å². The molecule has 0 saturated carbocycles. The van der Waals surface area contributed by atoms with Crippen LogP contribution in [0.15, 0.2) is 0 Å². The molecule has 2 aliphatic heterocycles. The second-order valence-corrected chi connectivity index (χ2v) is 7.30. The first-order chi connectivity index (χ1) is 11.3. The molecule has 0 unspecified atom stereocenters. The zero-order valence-electron chi connectivity index (χ0n) is 15.5. The van der Waals surface area contributed by atoms with Crippen molar-refractivity contribution in [2.24, 2.45) is 7.05 Å². The van der Waals surface area contributed by atoms with Gasteiger partial charge in [0.1, 0.15) is 5.69 Å². The van der Waals surface area contributed by atoms with Crippen molar-refractivity contribution >= 4 is 5.91 Å². The molecule has 2 atom stereocenters. The van der Waals surface area contributed by atoms with E-state index in [1.807, 2.05) is 25.8 Å². The molecule has 6 nitrogen and oxygen atoms in total. The van der Waals surface area contributed by atoms with Crippen LogP contribution in [0.2, 0.25) is 0 Å². The number of rotatable bonds is 3. The minimum absolute atomic E-state index is 0.0564. The van der Waals surface area contributed by atoms with E-state index in [9.17, 15) is 4.79 Å². The van der Waals surface area contributed by atoms with Crippen molar-refractivity contribution in [3.05, 3.63) is 17.0 Å². The molecule has 1 aromatic heterocycles. The van der Waals surface area contributed by atoms with Crippen LogP contribution < -0.4 is 0 Å². The highest BCUT2D eigenvalue weighted by atomic mass is 16.5. The van der Waals surface area contributed by atoms with Crippen molar-refractivity contribution in [3.8, 4) is 0 Å². The fourth-order valence-electron chi connectivity index (χ4n) is 3.96. The summed E-state index contributed by atoms with van der Waals surface area (Å²) >= 11 is 0. The third-order valence-corrected chi connectivity index (χ3v) is 5.29. The number of likely N-dealkylation sites (tertiary alicyclic amines) is 1. The maximum Gasteiger partial charge on any atom is 0.272 e. The van der Waals surface area contributed by atoms with E-state index in [-0.39, 0.29) is 23.7 Å². The molecule has 1 fully saturated rings. The van der Waals surface area contributed by atoms with Crippen LogP contribution in [0.25, 0.3) is 0 Å². The minimum atomic E-state index is -0.103. The van der Waals surface area contributed by atoms with E-state index in [1.54, 1.807) is 4.68 Å². The lowest BCUT2D eigenvalue weighted by molar-refractivity contribution is -0.0612. The Morgan fingerprint density at radius 1 is 1.38 bits per heavy atom. The first-order valence-electron chi connectivity index (χ1n) is 8.99. The topological polar surface area (TPSA) is 56.6 Å². The molecule has 2 aliphatic rings. The van der Waals surface area contributed by atoms with Crippen LogP contribution in [-0.4, -0.2) is 52.0 Å². The van der Waals surface area contributed by atoms with Gasteiger partial charge in [-0.2, -0.15) is 5.10 Å². The van der Waals surface area contributed by atoms with Gasteiger partial charge in [0, 0.05) is 38.7 Å². The maximum absolute atomic E-state index is 13.1. The Morgan fingerprint density at radius 2 is 2.04 bits per heavy atom. The van der Waals surface area contributed by atoms with Crippen LogP contribution in [0.4, 0.5) is 0 Å². The second-order valence-electron chi connectivity index (χ2n) is 7.30. The Bertz CT molecular complexity index is 617. The molecule has 1 amide bonds. The third-order valence-electron chi connectivity index (χ3n) is 5.29. The highest BCUT2D eigenvalue weighted by Gasteiger charge is 2.36. The summed E-state index contributed by atoms with van der Waals surface area (Å²) in [5.41, 5.74) is 2.60. The van der Waals surface area contributed by atoms with Gasteiger partial charge in [-0.05, 0) is 40.5 Å². The van der Waals surface area contributed by atoms with Crippen LogP contribution in [0.3, 0.4) is 0 Å². The van der Waals surface area contributed by atoms with Gasteiger partial charge in [-0.3, -0.25) is 9.48 Å². The number of hydrogen-bond acceptors (Lipinski definition) is 4. The number of nitrogens with zero attached hydrogens (tertiary/aromatic N) is 3. The quantitative estimate of drug-likeness (QED) is 0.851. The molecule has 0 bridgehead atoms. The second kappa shape index (κ2) is 6.48. The Morgan fingerprint density at radius 3 is 2.67 bits per heavy atom. The zero-order valence-corrected chi connectivity index (χ0v) is 15.5. The molecule has 1 saturated heterocycles. The van der Waals surface area contributed by atoms with E-state index in [4.69, 9.17) is 9.47 Å². The fraction of sp³-hybridized carbons (Fsp3) is 0.778. The van der Waals surface area contributed by atoms with E-state index in [1.165, 1.54) is 0 Å². The molecule has 3 heterocycles. The number of amides is 1. The summed E-state index contributed by atoms with van der Waals surface area (Å²) in [7, 11) is 1.86. The molecular weight excluding hydrogens is 306 g/mol. The van der Waals surface area contributed by atoms with Gasteiger partial charge in [0.05, 0.1) is 23.5 Å². The third kappa shape index (κ3) is 3.09. The van der Waals surface area contributed by atoms with E-state index < -0.39 is 0 Å². The smallest absolute Gasteiger partial charge is 0.272 e. The predicted molar refractivity (Wildman–Crippen MR) is 91.0 cm³/mol. The standard InChI is InChI=1S/C18H29N3O3/c1-6-23-18(4)7-9-21(10-8-18)17(22)16-14-11-12(2)24-13(3)15(14)19-20(16)5/h12-13H,6-11H2,1-5H3/t12-,13+/m1/s1. The van der Waals surface area contributed by atoms with Crippen LogP contribution in [0.5, 0.6) is 0 Å². The summed E-state index contributed by atoms with van der Waals surface area (Å²) in [6.45, 7) is 10.4. The van der Waals surface area contributed by atoms with Gasteiger partial charge >= 0.3 is 0 Å². The molecule has 0 N–H and O–H groups in total. The Labute approximate surface area is 144 Å². The highest BCUT2D eigenvalue weighted by molar-refractivity contribution is 5.94. The van der Waals surface area contributed by atoms with Crippen molar-refractivity contribution in [3.63, 3.8) is 0 Å². The summed E-state index contributed by atoms with van der Waals surface area (Å²) in [5, 5.41) is 4.56. The van der Waals surface area contributed by atoms with E-state index >= 15 is 0 Å². The van der Waals surface area contributed by atoms with E-state index in [0.29, 0.717) is 0 Å². The summed E-state index contributed by atoms with van der Waals surface area (Å²) in [6, 6.07) is 0. The van der Waals surface area contributed by atoms with Gasteiger partial charge in [0.2, 0.25) is 0 Å². The van der Waals surface area contributed by atoms with Crippen LogP contribution in [-0.2, 0) is 22.9 Å². The number of ether oxygens (including phenoxy) is 2. The van der Waals surface area contributed by atoms with Gasteiger partial charge in [-0.15, -0.1) is 0 Å². The number of carbonyl (C=O) groups excluding carboxylic acids is 1. The van der Waals surface area contributed by atoms with E-state index in [0.717, 1.165) is 55.9 Å².